The number of nitrogens with one attached hydrogen (secondary N) is 1. The average molecular weight is 285 g/mol. The van der Waals surface area contributed by atoms with Crippen molar-refractivity contribution in [2.24, 2.45) is 0 Å². The minimum absolute atomic E-state index is 0.0951. The van der Waals surface area contributed by atoms with E-state index in [0.29, 0.717) is 22.7 Å². The van der Waals surface area contributed by atoms with Crippen molar-refractivity contribution in [3.63, 3.8) is 0 Å². The van der Waals surface area contributed by atoms with Crippen molar-refractivity contribution in [1.29, 1.82) is 0 Å². The van der Waals surface area contributed by atoms with Crippen LogP contribution in [-0.4, -0.2) is 9.55 Å². The highest BCUT2D eigenvalue weighted by Crippen LogP contribution is 2.12. The van der Waals surface area contributed by atoms with Gasteiger partial charge in [0.15, 0.2) is 0 Å². The van der Waals surface area contributed by atoms with E-state index in [4.69, 9.17) is 23.2 Å². The number of benzene rings is 1. The monoisotopic (exact) mass is 284 g/mol. The Balaban J connectivity index is 2.76. The topological polar surface area (TPSA) is 54.9 Å². The number of hydrogen-bond donors (Lipinski definition) is 1. The van der Waals surface area contributed by atoms with Crippen LogP contribution in [0.5, 0.6) is 0 Å². The Morgan fingerprint density at radius 3 is 2.33 bits per heavy atom. The van der Waals surface area contributed by atoms with Crippen LogP contribution in [0.1, 0.15) is 12.5 Å². The van der Waals surface area contributed by atoms with Crippen molar-refractivity contribution >= 4 is 23.2 Å². The van der Waals surface area contributed by atoms with Crippen molar-refractivity contribution in [2.45, 2.75) is 13.3 Å². The van der Waals surface area contributed by atoms with Gasteiger partial charge in [0.1, 0.15) is 5.15 Å². The lowest BCUT2D eigenvalue weighted by atomic mass is 10.2. The number of hydrogen-bond acceptors (Lipinski definition) is 2. The molecule has 0 fully saturated rings. The zero-order valence-corrected chi connectivity index (χ0v) is 11.0. The molecule has 0 spiro atoms. The Morgan fingerprint density at radius 2 is 1.78 bits per heavy atom. The molecule has 1 aromatic heterocycles. The van der Waals surface area contributed by atoms with E-state index >= 15 is 0 Å². The van der Waals surface area contributed by atoms with Gasteiger partial charge in [-0.05, 0) is 30.7 Å². The van der Waals surface area contributed by atoms with Crippen LogP contribution >= 0.6 is 23.2 Å². The van der Waals surface area contributed by atoms with Crippen molar-refractivity contribution in [2.75, 3.05) is 0 Å². The van der Waals surface area contributed by atoms with E-state index in [1.807, 2.05) is 0 Å². The zero-order valence-electron chi connectivity index (χ0n) is 9.54. The van der Waals surface area contributed by atoms with Crippen molar-refractivity contribution in [3.8, 4) is 5.69 Å². The molecule has 94 valence electrons. The summed E-state index contributed by atoms with van der Waals surface area (Å²) in [6, 6.07) is 6.44. The molecule has 4 nitrogen and oxygen atoms in total. The van der Waals surface area contributed by atoms with Gasteiger partial charge in [-0.3, -0.25) is 9.78 Å². The summed E-state index contributed by atoms with van der Waals surface area (Å²) in [6.07, 6.45) is 0.446. The lowest BCUT2D eigenvalue weighted by Crippen LogP contribution is -2.35. The summed E-state index contributed by atoms with van der Waals surface area (Å²) in [7, 11) is 0. The van der Waals surface area contributed by atoms with Gasteiger partial charge in [0.05, 0.1) is 11.3 Å². The summed E-state index contributed by atoms with van der Waals surface area (Å²) in [6.45, 7) is 1.80. The van der Waals surface area contributed by atoms with Crippen LogP contribution in [0, 0.1) is 0 Å². The fraction of sp³-hybridized carbons (Fsp3) is 0.167. The number of aromatic nitrogens is 2. The number of nitrogens with zero attached hydrogens (tertiary/aromatic N) is 1. The predicted molar refractivity (Wildman–Crippen MR) is 72.1 cm³/mol. The second-order valence-corrected chi connectivity index (χ2v) is 4.51. The molecular weight excluding hydrogens is 275 g/mol. The van der Waals surface area contributed by atoms with Gasteiger partial charge in [-0.15, -0.1) is 0 Å². The molecule has 18 heavy (non-hydrogen) atoms. The maximum Gasteiger partial charge on any atom is 0.334 e. The molecule has 6 heteroatoms. The first-order valence-corrected chi connectivity index (χ1v) is 6.09. The summed E-state index contributed by atoms with van der Waals surface area (Å²) in [4.78, 5) is 26.4. The van der Waals surface area contributed by atoms with E-state index in [1.165, 1.54) is 0 Å². The molecule has 2 aromatic rings. The molecule has 0 radical (unpaired) electrons. The van der Waals surface area contributed by atoms with E-state index < -0.39 is 11.2 Å². The van der Waals surface area contributed by atoms with Crippen molar-refractivity contribution in [3.05, 3.63) is 60.8 Å². The Kier molecular flexibility index (Phi) is 3.59. The smallest absolute Gasteiger partial charge is 0.297 e. The Morgan fingerprint density at radius 1 is 1.17 bits per heavy atom. The molecule has 0 aliphatic carbocycles. The highest BCUT2D eigenvalue weighted by molar-refractivity contribution is 6.30. The van der Waals surface area contributed by atoms with E-state index in [-0.39, 0.29) is 5.15 Å². The first-order valence-electron chi connectivity index (χ1n) is 5.34. The summed E-state index contributed by atoms with van der Waals surface area (Å²) in [5.41, 5.74) is -0.138. The van der Waals surface area contributed by atoms with Crippen LogP contribution in [0.2, 0.25) is 10.2 Å². The first kappa shape index (κ1) is 12.9. The molecule has 2 rings (SSSR count). The Hall–Kier alpha value is -1.52. The van der Waals surface area contributed by atoms with E-state index in [2.05, 4.69) is 4.98 Å². The largest absolute Gasteiger partial charge is 0.334 e. The molecule has 0 unspecified atom stereocenters. The first-order chi connectivity index (χ1) is 8.54. The number of halogens is 2. The molecule has 0 aliphatic rings. The fourth-order valence-electron chi connectivity index (χ4n) is 1.68. The summed E-state index contributed by atoms with van der Waals surface area (Å²) < 4.78 is 1.04. The van der Waals surface area contributed by atoms with Crippen LogP contribution in [0.3, 0.4) is 0 Å². The molecule has 0 saturated carbocycles. The van der Waals surface area contributed by atoms with E-state index in [1.54, 1.807) is 31.2 Å². The lowest BCUT2D eigenvalue weighted by molar-refractivity contribution is 0.842. The van der Waals surface area contributed by atoms with E-state index in [0.717, 1.165) is 4.57 Å². The lowest BCUT2D eigenvalue weighted by Gasteiger charge is -2.07. The van der Waals surface area contributed by atoms with Crippen molar-refractivity contribution < 1.29 is 0 Å². The summed E-state index contributed by atoms with van der Waals surface area (Å²) in [5, 5.41) is 0.630. The standard InChI is InChI=1S/C12H10Cl2N2O2/c1-2-9-10(14)15-12(18)16(11(9)17)8-5-3-7(13)4-6-8/h3-6H,2H2,1H3,(H,15,18). The number of aromatic amines is 1. The van der Waals surface area contributed by atoms with Crippen molar-refractivity contribution in [1.82, 2.24) is 9.55 Å². The molecule has 1 aromatic carbocycles. The van der Waals surface area contributed by atoms with Crippen LogP contribution in [0.4, 0.5) is 0 Å². The van der Waals surface area contributed by atoms with Gasteiger partial charge < -0.3 is 0 Å². The molecule has 1 heterocycles. The van der Waals surface area contributed by atoms with Crippen LogP contribution in [-0.2, 0) is 6.42 Å². The normalized spacial score (nSPS) is 10.6. The molecule has 0 saturated heterocycles. The number of rotatable bonds is 2. The van der Waals surface area contributed by atoms with Gasteiger partial charge in [-0.1, -0.05) is 30.1 Å². The van der Waals surface area contributed by atoms with Gasteiger partial charge in [0.25, 0.3) is 5.56 Å². The van der Waals surface area contributed by atoms with Gasteiger partial charge in [-0.25, -0.2) is 9.36 Å². The third kappa shape index (κ3) is 2.21. The summed E-state index contributed by atoms with van der Waals surface area (Å²) >= 11 is 11.6. The van der Waals surface area contributed by atoms with Crippen LogP contribution < -0.4 is 11.2 Å². The Bertz CT molecular complexity index is 687. The highest BCUT2D eigenvalue weighted by Gasteiger charge is 2.12. The third-order valence-corrected chi connectivity index (χ3v) is 3.16. The molecular formula is C12H10Cl2N2O2. The Labute approximate surface area is 113 Å². The molecule has 0 atom stereocenters. The second kappa shape index (κ2) is 5.00. The average Bonchev–Trinajstić information content (AvgIpc) is 2.31. The number of H-pyrrole nitrogens is 1. The maximum atomic E-state index is 12.2. The molecule has 1 N–H and O–H groups in total. The predicted octanol–water partition coefficient (Wildman–Crippen LogP) is 2.40. The van der Waals surface area contributed by atoms with Gasteiger partial charge in [-0.2, -0.15) is 0 Å². The SMILES string of the molecule is CCc1c(Cl)[nH]c(=O)n(-c2ccc(Cl)cc2)c1=O. The molecule has 0 amide bonds. The van der Waals surface area contributed by atoms with Crippen LogP contribution in [0.15, 0.2) is 33.9 Å². The van der Waals surface area contributed by atoms with Gasteiger partial charge >= 0.3 is 5.69 Å². The fourth-order valence-corrected chi connectivity index (χ4v) is 2.10. The quantitative estimate of drug-likeness (QED) is 0.861. The summed E-state index contributed by atoms with van der Waals surface area (Å²) in [5.74, 6) is 0. The molecule has 0 bridgehead atoms. The van der Waals surface area contributed by atoms with Crippen LogP contribution in [0.25, 0.3) is 5.69 Å². The minimum atomic E-state index is -0.565. The highest BCUT2D eigenvalue weighted by atomic mass is 35.5. The maximum absolute atomic E-state index is 12.2. The van der Waals surface area contributed by atoms with E-state index in [9.17, 15) is 9.59 Å². The molecule has 0 aliphatic heterocycles. The zero-order chi connectivity index (χ0) is 13.3. The van der Waals surface area contributed by atoms with Gasteiger partial charge in [0, 0.05) is 5.02 Å². The van der Waals surface area contributed by atoms with Gasteiger partial charge in [0.2, 0.25) is 0 Å². The third-order valence-electron chi connectivity index (χ3n) is 2.58. The second-order valence-electron chi connectivity index (χ2n) is 3.69. The minimum Gasteiger partial charge on any atom is -0.297 e.